The average molecular weight is 232 g/mol. The summed E-state index contributed by atoms with van der Waals surface area (Å²) >= 11 is 0. The van der Waals surface area contributed by atoms with E-state index in [1.807, 2.05) is 20.8 Å². The van der Waals surface area contributed by atoms with Crippen LogP contribution in [0.5, 0.6) is 0 Å². The zero-order valence-corrected chi connectivity index (χ0v) is 10.5. The Morgan fingerprint density at radius 3 is 2.27 bits per heavy atom. The van der Waals surface area contributed by atoms with E-state index in [1.165, 1.54) is 0 Å². The van der Waals surface area contributed by atoms with Gasteiger partial charge in [-0.15, -0.1) is 0 Å². The molecule has 2 atom stereocenters. The molecule has 0 N–H and O–H groups in total. The van der Waals surface area contributed by atoms with Gasteiger partial charge in [0.05, 0.1) is 5.75 Å². The molecule has 0 aromatic rings. The number of carbonyl (C=O) groups is 1. The highest BCUT2D eigenvalue weighted by Gasteiger charge is 2.37. The summed E-state index contributed by atoms with van der Waals surface area (Å²) in [6.07, 6.45) is 2.10. The van der Waals surface area contributed by atoms with E-state index >= 15 is 0 Å². The molecule has 3 nitrogen and oxygen atoms in total. The quantitative estimate of drug-likeness (QED) is 0.745. The van der Waals surface area contributed by atoms with Crippen molar-refractivity contribution in [1.82, 2.24) is 0 Å². The lowest BCUT2D eigenvalue weighted by Crippen LogP contribution is -2.39. The van der Waals surface area contributed by atoms with Crippen LogP contribution in [-0.2, 0) is 14.6 Å². The Bertz CT molecular complexity index is 330. The molecular weight excluding hydrogens is 212 g/mol. The number of ketones is 1. The summed E-state index contributed by atoms with van der Waals surface area (Å²) in [4.78, 5) is 12.0. The van der Waals surface area contributed by atoms with Gasteiger partial charge in [0.15, 0.2) is 15.6 Å². The minimum atomic E-state index is -3.15. The van der Waals surface area contributed by atoms with E-state index in [9.17, 15) is 13.2 Å². The first-order chi connectivity index (χ1) is 6.86. The molecule has 2 unspecified atom stereocenters. The van der Waals surface area contributed by atoms with Gasteiger partial charge in [-0.25, -0.2) is 8.42 Å². The van der Waals surface area contributed by atoms with E-state index in [1.54, 1.807) is 0 Å². The summed E-state index contributed by atoms with van der Waals surface area (Å²) in [7, 11) is -3.15. The van der Waals surface area contributed by atoms with Crippen molar-refractivity contribution in [3.05, 3.63) is 0 Å². The normalized spacial score (nSPS) is 27.6. The van der Waals surface area contributed by atoms with Gasteiger partial charge in [0.2, 0.25) is 0 Å². The largest absolute Gasteiger partial charge is 0.298 e. The van der Waals surface area contributed by atoms with E-state index in [2.05, 4.69) is 0 Å². The SMILES string of the molecule is CC(C)C(C)C(=O)C1CCCCS1(=O)=O. The minimum Gasteiger partial charge on any atom is -0.298 e. The van der Waals surface area contributed by atoms with Gasteiger partial charge in [-0.3, -0.25) is 4.79 Å². The van der Waals surface area contributed by atoms with Crippen LogP contribution in [0.15, 0.2) is 0 Å². The molecule has 0 radical (unpaired) electrons. The molecule has 0 aromatic heterocycles. The van der Waals surface area contributed by atoms with E-state index in [-0.39, 0.29) is 23.4 Å². The molecule has 0 bridgehead atoms. The van der Waals surface area contributed by atoms with Gasteiger partial charge < -0.3 is 0 Å². The van der Waals surface area contributed by atoms with Crippen LogP contribution in [0, 0.1) is 11.8 Å². The molecule has 88 valence electrons. The van der Waals surface area contributed by atoms with Crippen LogP contribution in [0.2, 0.25) is 0 Å². The Balaban J connectivity index is 2.82. The summed E-state index contributed by atoms with van der Waals surface area (Å²) in [5.74, 6) is 0.177. The van der Waals surface area contributed by atoms with E-state index in [0.717, 1.165) is 6.42 Å². The standard InChI is InChI=1S/C11H20O3S/c1-8(2)9(3)11(12)10-6-4-5-7-15(10,13)14/h8-10H,4-7H2,1-3H3. The number of hydrogen-bond donors (Lipinski definition) is 0. The molecule has 1 saturated heterocycles. The minimum absolute atomic E-state index is 0.0790. The summed E-state index contributed by atoms with van der Waals surface area (Å²) < 4.78 is 23.5. The molecule has 0 aliphatic carbocycles. The molecule has 4 heteroatoms. The third kappa shape index (κ3) is 2.80. The number of sulfone groups is 1. The molecule has 0 spiro atoms. The monoisotopic (exact) mass is 232 g/mol. The highest BCUT2D eigenvalue weighted by atomic mass is 32.2. The van der Waals surface area contributed by atoms with Crippen LogP contribution in [0.4, 0.5) is 0 Å². The Labute approximate surface area is 92.2 Å². The molecule has 1 aliphatic heterocycles. The van der Waals surface area contributed by atoms with Crippen LogP contribution in [-0.4, -0.2) is 25.2 Å². The van der Waals surface area contributed by atoms with Crippen LogP contribution >= 0.6 is 0 Å². The maximum absolute atomic E-state index is 12.0. The smallest absolute Gasteiger partial charge is 0.160 e. The molecule has 15 heavy (non-hydrogen) atoms. The van der Waals surface area contributed by atoms with Crippen LogP contribution in [0.3, 0.4) is 0 Å². The lowest BCUT2D eigenvalue weighted by Gasteiger charge is -2.25. The van der Waals surface area contributed by atoms with Crippen molar-refractivity contribution in [3.8, 4) is 0 Å². The first kappa shape index (κ1) is 12.7. The predicted molar refractivity (Wildman–Crippen MR) is 60.4 cm³/mol. The lowest BCUT2D eigenvalue weighted by atomic mass is 9.90. The van der Waals surface area contributed by atoms with E-state index in [4.69, 9.17) is 0 Å². The Hall–Kier alpha value is -0.380. The fourth-order valence-corrected chi connectivity index (χ4v) is 3.88. The van der Waals surface area contributed by atoms with Gasteiger partial charge in [0.1, 0.15) is 5.25 Å². The maximum atomic E-state index is 12.0. The number of Topliss-reactive ketones (excluding diaryl/α,β-unsaturated/α-hetero) is 1. The number of rotatable bonds is 3. The predicted octanol–water partition coefficient (Wildman–Crippen LogP) is 1.81. The highest BCUT2D eigenvalue weighted by molar-refractivity contribution is 7.92. The number of hydrogen-bond acceptors (Lipinski definition) is 3. The molecule has 1 fully saturated rings. The zero-order chi connectivity index (χ0) is 11.6. The van der Waals surface area contributed by atoms with E-state index in [0.29, 0.717) is 12.8 Å². The second kappa shape index (κ2) is 4.64. The first-order valence-electron chi connectivity index (χ1n) is 5.61. The van der Waals surface area contributed by atoms with Gasteiger partial charge >= 0.3 is 0 Å². The van der Waals surface area contributed by atoms with Crippen molar-refractivity contribution >= 4 is 15.6 Å². The summed E-state index contributed by atoms with van der Waals surface area (Å²) in [6, 6.07) is 0. The van der Waals surface area contributed by atoms with Crippen LogP contribution in [0.25, 0.3) is 0 Å². The molecule has 0 saturated carbocycles. The molecule has 0 amide bonds. The third-order valence-electron chi connectivity index (χ3n) is 3.34. The second-order valence-electron chi connectivity index (χ2n) is 4.79. The van der Waals surface area contributed by atoms with Gasteiger partial charge in [-0.05, 0) is 18.8 Å². The zero-order valence-electron chi connectivity index (χ0n) is 9.69. The molecule has 1 rings (SSSR count). The molecule has 1 heterocycles. The maximum Gasteiger partial charge on any atom is 0.160 e. The average Bonchev–Trinajstić information content (AvgIpc) is 2.15. The molecule has 1 aliphatic rings. The Morgan fingerprint density at radius 2 is 1.80 bits per heavy atom. The van der Waals surface area contributed by atoms with Gasteiger partial charge in [-0.1, -0.05) is 27.2 Å². The highest BCUT2D eigenvalue weighted by Crippen LogP contribution is 2.25. The summed E-state index contributed by atoms with van der Waals surface area (Å²) in [5, 5.41) is -0.719. The fraction of sp³-hybridized carbons (Fsp3) is 0.909. The number of carbonyl (C=O) groups excluding carboxylic acids is 1. The van der Waals surface area contributed by atoms with Crippen LogP contribution in [0.1, 0.15) is 40.0 Å². The van der Waals surface area contributed by atoms with E-state index < -0.39 is 15.1 Å². The summed E-state index contributed by atoms with van der Waals surface area (Å²) in [6.45, 7) is 5.74. The van der Waals surface area contributed by atoms with Crippen molar-refractivity contribution in [2.45, 2.75) is 45.3 Å². The Morgan fingerprint density at radius 1 is 1.20 bits per heavy atom. The van der Waals surface area contributed by atoms with Crippen molar-refractivity contribution in [1.29, 1.82) is 0 Å². The topological polar surface area (TPSA) is 51.2 Å². The first-order valence-corrected chi connectivity index (χ1v) is 7.33. The van der Waals surface area contributed by atoms with Gasteiger partial charge in [0.25, 0.3) is 0 Å². The lowest BCUT2D eigenvalue weighted by molar-refractivity contribution is -0.123. The summed E-state index contributed by atoms with van der Waals surface area (Å²) in [5.41, 5.74) is 0. The van der Waals surface area contributed by atoms with Crippen LogP contribution < -0.4 is 0 Å². The molecule has 0 aromatic carbocycles. The van der Waals surface area contributed by atoms with Gasteiger partial charge in [-0.2, -0.15) is 0 Å². The van der Waals surface area contributed by atoms with Crippen molar-refractivity contribution < 1.29 is 13.2 Å². The Kier molecular flexibility index (Phi) is 3.93. The third-order valence-corrected chi connectivity index (χ3v) is 5.54. The fourth-order valence-electron chi connectivity index (χ4n) is 1.90. The van der Waals surface area contributed by atoms with Crippen molar-refractivity contribution in [2.75, 3.05) is 5.75 Å². The van der Waals surface area contributed by atoms with Crippen molar-refractivity contribution in [2.24, 2.45) is 11.8 Å². The van der Waals surface area contributed by atoms with Gasteiger partial charge in [0, 0.05) is 5.92 Å². The molecular formula is C11H20O3S. The van der Waals surface area contributed by atoms with Crippen molar-refractivity contribution in [3.63, 3.8) is 0 Å². The second-order valence-corrected chi connectivity index (χ2v) is 7.09.